The summed E-state index contributed by atoms with van der Waals surface area (Å²) in [5.74, 6) is -1.03. The molecule has 0 bridgehead atoms. The Labute approximate surface area is 191 Å². The van der Waals surface area contributed by atoms with Crippen LogP contribution in [-0.4, -0.2) is 39.8 Å². The number of carbonyl (C=O) groups is 1. The van der Waals surface area contributed by atoms with E-state index in [1.807, 2.05) is 0 Å². The van der Waals surface area contributed by atoms with Crippen molar-refractivity contribution in [2.24, 2.45) is 11.7 Å². The first-order valence-electron chi connectivity index (χ1n) is 11.5. The molecule has 1 unspecified atom stereocenters. The minimum atomic E-state index is -1.35. The first kappa shape index (κ1) is 24.5. The number of nitrogens with one attached hydrogen (secondary N) is 1. The summed E-state index contributed by atoms with van der Waals surface area (Å²) in [5, 5.41) is 31.1. The van der Waals surface area contributed by atoms with Gasteiger partial charge in [0.1, 0.15) is 5.54 Å². The van der Waals surface area contributed by atoms with Crippen LogP contribution in [0.2, 0.25) is 6.32 Å². The standard InChI is InChI=1S/C25H35BN2O4/c1-17-5-8-21(13-18(17)2)20-9-6-19(7-10-20)16-28-23-14-22(15-23)25(27,24(29)30)11-3-4-12-26(31)32/h5-10,13,22-23,28,31-32H,3-4,11-12,14-16,27H2,1-2H3,(H,29,30). The fraction of sp³-hybridized carbons (Fsp3) is 0.480. The molecule has 2 aromatic rings. The van der Waals surface area contributed by atoms with Crippen molar-refractivity contribution >= 4 is 13.1 Å². The highest BCUT2D eigenvalue weighted by atomic mass is 16.4. The molecule has 0 saturated heterocycles. The Morgan fingerprint density at radius 3 is 2.31 bits per heavy atom. The molecule has 2 aromatic carbocycles. The summed E-state index contributed by atoms with van der Waals surface area (Å²) in [6.45, 7) is 4.99. The molecule has 7 heteroatoms. The summed E-state index contributed by atoms with van der Waals surface area (Å²) in [4.78, 5) is 11.8. The molecule has 6 N–H and O–H groups in total. The third-order valence-corrected chi connectivity index (χ3v) is 6.96. The molecule has 0 aromatic heterocycles. The number of aryl methyl sites for hydroxylation is 2. The molecule has 0 aliphatic heterocycles. The van der Waals surface area contributed by atoms with Crippen LogP contribution in [0.4, 0.5) is 0 Å². The highest BCUT2D eigenvalue weighted by Gasteiger charge is 2.48. The first-order valence-corrected chi connectivity index (χ1v) is 11.5. The molecule has 1 saturated carbocycles. The summed E-state index contributed by atoms with van der Waals surface area (Å²) in [6, 6.07) is 15.3. The van der Waals surface area contributed by atoms with Crippen LogP contribution < -0.4 is 11.1 Å². The minimum Gasteiger partial charge on any atom is -0.480 e. The summed E-state index contributed by atoms with van der Waals surface area (Å²) >= 11 is 0. The molecule has 172 valence electrons. The number of unbranched alkanes of at least 4 members (excludes halogenated alkanes) is 1. The monoisotopic (exact) mass is 438 g/mol. The van der Waals surface area contributed by atoms with Gasteiger partial charge in [0.15, 0.2) is 0 Å². The van der Waals surface area contributed by atoms with Gasteiger partial charge in [0, 0.05) is 12.6 Å². The van der Waals surface area contributed by atoms with E-state index in [4.69, 9.17) is 15.8 Å². The van der Waals surface area contributed by atoms with E-state index < -0.39 is 18.6 Å². The zero-order valence-electron chi connectivity index (χ0n) is 19.1. The van der Waals surface area contributed by atoms with Gasteiger partial charge in [0.2, 0.25) is 0 Å². The van der Waals surface area contributed by atoms with Gasteiger partial charge >= 0.3 is 13.1 Å². The SMILES string of the molecule is Cc1ccc(-c2ccc(CNC3CC(C(N)(CCCCB(O)O)C(=O)O)C3)cc2)cc1C. The smallest absolute Gasteiger partial charge is 0.451 e. The Bertz CT molecular complexity index is 913. The average Bonchev–Trinajstić information content (AvgIpc) is 2.72. The molecule has 32 heavy (non-hydrogen) atoms. The maximum Gasteiger partial charge on any atom is 0.451 e. The van der Waals surface area contributed by atoms with E-state index in [-0.39, 0.29) is 18.3 Å². The lowest BCUT2D eigenvalue weighted by Gasteiger charge is -2.45. The van der Waals surface area contributed by atoms with Crippen LogP contribution in [0, 0.1) is 19.8 Å². The number of rotatable bonds is 11. The number of aliphatic carboxylic acids is 1. The maximum absolute atomic E-state index is 11.8. The molecule has 3 rings (SSSR count). The third kappa shape index (κ3) is 5.98. The summed E-state index contributed by atoms with van der Waals surface area (Å²) in [6.07, 6.45) is 3.20. The number of benzene rings is 2. The van der Waals surface area contributed by atoms with E-state index in [1.54, 1.807) is 0 Å². The number of carboxylic acids is 1. The van der Waals surface area contributed by atoms with Crippen LogP contribution >= 0.6 is 0 Å². The predicted molar refractivity (Wildman–Crippen MR) is 128 cm³/mol. The molecular formula is C25H35BN2O4. The lowest BCUT2D eigenvalue weighted by molar-refractivity contribution is -0.148. The Morgan fingerprint density at radius 2 is 1.72 bits per heavy atom. The normalized spacial score (nSPS) is 19.8. The van der Waals surface area contributed by atoms with Crippen molar-refractivity contribution in [1.82, 2.24) is 5.32 Å². The van der Waals surface area contributed by atoms with Crippen LogP contribution in [0.3, 0.4) is 0 Å². The maximum atomic E-state index is 11.8. The van der Waals surface area contributed by atoms with Gasteiger partial charge in [0.05, 0.1) is 0 Å². The first-order chi connectivity index (χ1) is 15.2. The van der Waals surface area contributed by atoms with Crippen molar-refractivity contribution in [2.45, 2.75) is 70.4 Å². The highest BCUT2D eigenvalue weighted by Crippen LogP contribution is 2.38. The van der Waals surface area contributed by atoms with Crippen molar-refractivity contribution in [2.75, 3.05) is 0 Å². The quantitative estimate of drug-likeness (QED) is 0.272. The van der Waals surface area contributed by atoms with Gasteiger partial charge in [-0.2, -0.15) is 0 Å². The Balaban J connectivity index is 1.47. The van der Waals surface area contributed by atoms with Crippen LogP contribution in [0.15, 0.2) is 42.5 Å². The molecule has 0 heterocycles. The highest BCUT2D eigenvalue weighted by molar-refractivity contribution is 6.40. The van der Waals surface area contributed by atoms with Crippen LogP contribution in [-0.2, 0) is 11.3 Å². The molecule has 1 fully saturated rings. The molecule has 6 nitrogen and oxygen atoms in total. The van der Waals surface area contributed by atoms with Gasteiger partial charge in [0.25, 0.3) is 0 Å². The van der Waals surface area contributed by atoms with Crippen LogP contribution in [0.5, 0.6) is 0 Å². The van der Waals surface area contributed by atoms with Gasteiger partial charge in [-0.15, -0.1) is 0 Å². The third-order valence-electron chi connectivity index (χ3n) is 6.96. The molecule has 0 spiro atoms. The number of nitrogens with two attached hydrogens (primary N) is 1. The fourth-order valence-corrected chi connectivity index (χ4v) is 4.43. The number of hydrogen-bond acceptors (Lipinski definition) is 5. The molecule has 0 radical (unpaired) electrons. The summed E-state index contributed by atoms with van der Waals surface area (Å²) in [7, 11) is -1.35. The van der Waals surface area contributed by atoms with E-state index >= 15 is 0 Å². The largest absolute Gasteiger partial charge is 0.480 e. The molecule has 0 amide bonds. The fourth-order valence-electron chi connectivity index (χ4n) is 4.43. The van der Waals surface area contributed by atoms with Crippen molar-refractivity contribution in [3.63, 3.8) is 0 Å². The van der Waals surface area contributed by atoms with E-state index in [9.17, 15) is 9.90 Å². The molecular weight excluding hydrogens is 403 g/mol. The van der Waals surface area contributed by atoms with E-state index in [0.717, 1.165) is 19.4 Å². The van der Waals surface area contributed by atoms with Crippen molar-refractivity contribution in [1.29, 1.82) is 0 Å². The summed E-state index contributed by atoms with van der Waals surface area (Å²) in [5.41, 5.74) is 11.2. The van der Waals surface area contributed by atoms with Gasteiger partial charge < -0.3 is 26.2 Å². The van der Waals surface area contributed by atoms with E-state index in [0.29, 0.717) is 19.3 Å². The van der Waals surface area contributed by atoms with Gasteiger partial charge in [-0.25, -0.2) is 0 Å². The second kappa shape index (κ2) is 10.6. The Morgan fingerprint density at radius 1 is 1.06 bits per heavy atom. The van der Waals surface area contributed by atoms with Gasteiger partial charge in [-0.3, -0.25) is 4.79 Å². The molecule has 1 atom stereocenters. The zero-order valence-corrected chi connectivity index (χ0v) is 19.1. The minimum absolute atomic E-state index is 0.0660. The molecule has 1 aliphatic rings. The number of hydrogen-bond donors (Lipinski definition) is 5. The van der Waals surface area contributed by atoms with Crippen molar-refractivity contribution in [3.8, 4) is 11.1 Å². The zero-order chi connectivity index (χ0) is 23.3. The second-order valence-electron chi connectivity index (χ2n) is 9.31. The summed E-state index contributed by atoms with van der Waals surface area (Å²) < 4.78 is 0. The molecule has 1 aliphatic carbocycles. The van der Waals surface area contributed by atoms with Crippen LogP contribution in [0.25, 0.3) is 11.1 Å². The second-order valence-corrected chi connectivity index (χ2v) is 9.31. The van der Waals surface area contributed by atoms with E-state index in [1.165, 1.54) is 27.8 Å². The van der Waals surface area contributed by atoms with Crippen molar-refractivity contribution < 1.29 is 19.9 Å². The van der Waals surface area contributed by atoms with Gasteiger partial charge in [-0.1, -0.05) is 55.3 Å². The van der Waals surface area contributed by atoms with Crippen LogP contribution in [0.1, 0.15) is 48.8 Å². The number of carboxylic acid groups (broad SMARTS) is 1. The van der Waals surface area contributed by atoms with E-state index in [2.05, 4.69) is 61.6 Å². The topological polar surface area (TPSA) is 116 Å². The predicted octanol–water partition coefficient (Wildman–Crippen LogP) is 3.26. The lowest BCUT2D eigenvalue weighted by Crippen LogP contribution is -2.61. The van der Waals surface area contributed by atoms with Gasteiger partial charge in [-0.05, 0) is 73.2 Å². The van der Waals surface area contributed by atoms with Crippen molar-refractivity contribution in [3.05, 3.63) is 59.2 Å². The Hall–Kier alpha value is -2.19. The lowest BCUT2D eigenvalue weighted by atomic mass is 9.66. The average molecular weight is 438 g/mol. The Kier molecular flexibility index (Phi) is 8.12.